The predicted molar refractivity (Wildman–Crippen MR) is 113 cm³/mol. The first-order chi connectivity index (χ1) is 13.2. The van der Waals surface area contributed by atoms with Crippen LogP contribution in [-0.2, 0) is 13.1 Å². The highest BCUT2D eigenvalue weighted by Crippen LogP contribution is 2.27. The SMILES string of the molecule is CCNC(=NCc1ccccc1OC1CCCC1)NCc1sc(C)nc1C. The Labute approximate surface area is 166 Å². The van der Waals surface area contributed by atoms with Crippen LogP contribution in [0.25, 0.3) is 0 Å². The van der Waals surface area contributed by atoms with Crippen LogP contribution in [0.15, 0.2) is 29.3 Å². The highest BCUT2D eigenvalue weighted by molar-refractivity contribution is 7.11. The van der Waals surface area contributed by atoms with Gasteiger partial charge in [-0.15, -0.1) is 11.3 Å². The molecule has 0 atom stereocenters. The first-order valence-corrected chi connectivity index (χ1v) is 10.7. The molecule has 1 aliphatic carbocycles. The number of aryl methyl sites for hydroxylation is 2. The average molecular weight is 387 g/mol. The Morgan fingerprint density at radius 2 is 2.00 bits per heavy atom. The Kier molecular flexibility index (Phi) is 7.10. The third-order valence-corrected chi connectivity index (χ3v) is 5.81. The van der Waals surface area contributed by atoms with E-state index in [4.69, 9.17) is 9.73 Å². The summed E-state index contributed by atoms with van der Waals surface area (Å²) in [6.45, 7) is 8.34. The molecule has 3 rings (SSSR count). The van der Waals surface area contributed by atoms with Crippen LogP contribution < -0.4 is 15.4 Å². The zero-order chi connectivity index (χ0) is 19.1. The van der Waals surface area contributed by atoms with Gasteiger partial charge >= 0.3 is 0 Å². The number of ether oxygens (including phenoxy) is 1. The molecule has 0 bridgehead atoms. The molecule has 0 unspecified atom stereocenters. The molecule has 1 heterocycles. The number of rotatable bonds is 7. The van der Waals surface area contributed by atoms with Gasteiger partial charge in [0.25, 0.3) is 0 Å². The summed E-state index contributed by atoms with van der Waals surface area (Å²) in [5.41, 5.74) is 2.22. The number of para-hydroxylation sites is 1. The molecule has 2 aromatic rings. The Morgan fingerprint density at radius 3 is 2.70 bits per heavy atom. The zero-order valence-electron chi connectivity index (χ0n) is 16.5. The van der Waals surface area contributed by atoms with E-state index in [0.29, 0.717) is 12.6 Å². The Hall–Kier alpha value is -2.08. The molecule has 1 aliphatic rings. The van der Waals surface area contributed by atoms with Gasteiger partial charge in [0.1, 0.15) is 5.75 Å². The molecule has 146 valence electrons. The van der Waals surface area contributed by atoms with Crippen LogP contribution >= 0.6 is 11.3 Å². The number of nitrogens with one attached hydrogen (secondary N) is 2. The molecule has 5 nitrogen and oxygen atoms in total. The van der Waals surface area contributed by atoms with E-state index in [9.17, 15) is 0 Å². The minimum Gasteiger partial charge on any atom is -0.490 e. The van der Waals surface area contributed by atoms with Gasteiger partial charge in [0, 0.05) is 17.0 Å². The van der Waals surface area contributed by atoms with Gasteiger partial charge in [0.15, 0.2) is 5.96 Å². The second-order valence-corrected chi connectivity index (χ2v) is 8.21. The van der Waals surface area contributed by atoms with Gasteiger partial charge < -0.3 is 15.4 Å². The second-order valence-electron chi connectivity index (χ2n) is 6.92. The second kappa shape index (κ2) is 9.74. The lowest BCUT2D eigenvalue weighted by atomic mass is 10.2. The molecule has 1 aromatic heterocycles. The number of hydrogen-bond acceptors (Lipinski definition) is 4. The van der Waals surface area contributed by atoms with E-state index in [-0.39, 0.29) is 0 Å². The van der Waals surface area contributed by atoms with Crippen molar-refractivity contribution >= 4 is 17.3 Å². The van der Waals surface area contributed by atoms with Gasteiger partial charge in [0.05, 0.1) is 29.9 Å². The van der Waals surface area contributed by atoms with E-state index >= 15 is 0 Å². The highest BCUT2D eigenvalue weighted by atomic mass is 32.1. The van der Waals surface area contributed by atoms with E-state index in [2.05, 4.69) is 47.7 Å². The van der Waals surface area contributed by atoms with Crippen molar-refractivity contribution in [2.45, 2.75) is 65.6 Å². The number of nitrogens with zero attached hydrogens (tertiary/aromatic N) is 2. The monoisotopic (exact) mass is 386 g/mol. The van der Waals surface area contributed by atoms with Crippen molar-refractivity contribution in [3.05, 3.63) is 45.4 Å². The van der Waals surface area contributed by atoms with Crippen molar-refractivity contribution < 1.29 is 4.74 Å². The predicted octanol–water partition coefficient (Wildman–Crippen LogP) is 4.34. The van der Waals surface area contributed by atoms with Crippen molar-refractivity contribution in [3.63, 3.8) is 0 Å². The minimum atomic E-state index is 0.360. The molecule has 0 saturated heterocycles. The van der Waals surface area contributed by atoms with Crippen molar-refractivity contribution in [1.29, 1.82) is 0 Å². The lowest BCUT2D eigenvalue weighted by molar-refractivity contribution is 0.208. The van der Waals surface area contributed by atoms with E-state index < -0.39 is 0 Å². The molecule has 0 amide bonds. The minimum absolute atomic E-state index is 0.360. The number of aliphatic imine (C=N–C) groups is 1. The number of benzene rings is 1. The Bertz CT molecular complexity index is 765. The van der Waals surface area contributed by atoms with Crippen LogP contribution in [-0.4, -0.2) is 23.6 Å². The summed E-state index contributed by atoms with van der Waals surface area (Å²) >= 11 is 1.73. The van der Waals surface area contributed by atoms with E-state index in [1.54, 1.807) is 11.3 Å². The van der Waals surface area contributed by atoms with Crippen LogP contribution in [0.3, 0.4) is 0 Å². The maximum absolute atomic E-state index is 6.23. The fourth-order valence-corrected chi connectivity index (χ4v) is 4.22. The highest BCUT2D eigenvalue weighted by Gasteiger charge is 2.17. The molecule has 1 fully saturated rings. The van der Waals surface area contributed by atoms with E-state index in [0.717, 1.165) is 53.9 Å². The van der Waals surface area contributed by atoms with E-state index in [1.165, 1.54) is 17.7 Å². The lowest BCUT2D eigenvalue weighted by Gasteiger charge is -2.16. The number of hydrogen-bond donors (Lipinski definition) is 2. The Morgan fingerprint density at radius 1 is 1.22 bits per heavy atom. The summed E-state index contributed by atoms with van der Waals surface area (Å²) in [6.07, 6.45) is 5.23. The standard InChI is InChI=1S/C21H30N4OS/c1-4-22-21(24-14-20-15(2)25-16(3)27-20)23-13-17-9-5-8-12-19(17)26-18-10-6-7-11-18/h5,8-9,12,18H,4,6-7,10-11,13-14H2,1-3H3,(H2,22,23,24). The molecular formula is C21H30N4OS. The summed E-state index contributed by atoms with van der Waals surface area (Å²) < 4.78 is 6.23. The van der Waals surface area contributed by atoms with Crippen LogP contribution in [0.1, 0.15) is 53.7 Å². The first kappa shape index (κ1) is 19.7. The zero-order valence-corrected chi connectivity index (χ0v) is 17.4. The van der Waals surface area contributed by atoms with Crippen molar-refractivity contribution in [3.8, 4) is 5.75 Å². The van der Waals surface area contributed by atoms with Gasteiger partial charge in [0.2, 0.25) is 0 Å². The summed E-state index contributed by atoms with van der Waals surface area (Å²) in [7, 11) is 0. The van der Waals surface area contributed by atoms with E-state index in [1.807, 2.05) is 13.0 Å². The number of thiazole rings is 1. The Balaban J connectivity index is 1.64. The molecule has 2 N–H and O–H groups in total. The van der Waals surface area contributed by atoms with Crippen molar-refractivity contribution in [2.75, 3.05) is 6.54 Å². The number of aromatic nitrogens is 1. The van der Waals surface area contributed by atoms with Gasteiger partial charge in [-0.1, -0.05) is 18.2 Å². The first-order valence-electron chi connectivity index (χ1n) is 9.85. The lowest BCUT2D eigenvalue weighted by Crippen LogP contribution is -2.36. The molecule has 1 aromatic carbocycles. The van der Waals surface area contributed by atoms with Crippen LogP contribution in [0.5, 0.6) is 5.75 Å². The van der Waals surface area contributed by atoms with Gasteiger partial charge in [-0.25, -0.2) is 9.98 Å². The summed E-state index contributed by atoms with van der Waals surface area (Å²) in [5.74, 6) is 1.79. The molecule has 6 heteroatoms. The molecule has 0 aliphatic heterocycles. The topological polar surface area (TPSA) is 58.5 Å². The third-order valence-electron chi connectivity index (χ3n) is 4.74. The van der Waals surface area contributed by atoms with Crippen molar-refractivity contribution in [2.24, 2.45) is 4.99 Å². The molecule has 1 saturated carbocycles. The summed E-state index contributed by atoms with van der Waals surface area (Å²) in [4.78, 5) is 10.5. The molecule has 27 heavy (non-hydrogen) atoms. The maximum atomic E-state index is 6.23. The number of guanidine groups is 1. The van der Waals surface area contributed by atoms with Crippen LogP contribution in [0.2, 0.25) is 0 Å². The fraction of sp³-hybridized carbons (Fsp3) is 0.524. The fourth-order valence-electron chi connectivity index (χ4n) is 3.34. The molecule has 0 spiro atoms. The smallest absolute Gasteiger partial charge is 0.191 e. The van der Waals surface area contributed by atoms with Gasteiger partial charge in [-0.2, -0.15) is 0 Å². The average Bonchev–Trinajstić information content (AvgIpc) is 3.27. The normalized spacial score (nSPS) is 15.1. The third kappa shape index (κ3) is 5.70. The summed E-state index contributed by atoms with van der Waals surface area (Å²) in [6, 6.07) is 8.26. The quantitative estimate of drug-likeness (QED) is 0.549. The largest absolute Gasteiger partial charge is 0.490 e. The molecular weight excluding hydrogens is 356 g/mol. The van der Waals surface area contributed by atoms with Crippen LogP contribution in [0, 0.1) is 13.8 Å². The van der Waals surface area contributed by atoms with Crippen molar-refractivity contribution in [1.82, 2.24) is 15.6 Å². The van der Waals surface area contributed by atoms with Gasteiger partial charge in [-0.05, 0) is 52.5 Å². The maximum Gasteiger partial charge on any atom is 0.191 e. The van der Waals surface area contributed by atoms with Crippen LogP contribution in [0.4, 0.5) is 0 Å². The van der Waals surface area contributed by atoms with Gasteiger partial charge in [-0.3, -0.25) is 0 Å². The molecule has 0 radical (unpaired) electrons. The summed E-state index contributed by atoms with van der Waals surface area (Å²) in [5, 5.41) is 7.85.